The minimum atomic E-state index is -0.150. The van der Waals surface area contributed by atoms with Crippen LogP contribution in [0.2, 0.25) is 0 Å². The van der Waals surface area contributed by atoms with Crippen molar-refractivity contribution in [3.8, 4) is 0 Å². The summed E-state index contributed by atoms with van der Waals surface area (Å²) in [7, 11) is 0. The molecule has 0 bridgehead atoms. The Balaban J connectivity index is 2.22. The third kappa shape index (κ3) is 3.44. The molecule has 3 nitrogen and oxygen atoms in total. The Labute approximate surface area is 100 Å². The summed E-state index contributed by atoms with van der Waals surface area (Å²) in [5, 5.41) is 3.59. The minimum absolute atomic E-state index is 0.115. The van der Waals surface area contributed by atoms with E-state index >= 15 is 0 Å². The molecular weight excluding hydrogens is 200 g/mol. The lowest BCUT2D eigenvalue weighted by Crippen LogP contribution is -2.55. The van der Waals surface area contributed by atoms with E-state index in [1.54, 1.807) is 0 Å². The standard InChI is InChI=1S/C13H28N2O/c1-6-16-11-7-10(8-11)15-9-12(2,3)13(4,5)14/h10-11,15H,6-9,14H2,1-5H3. The zero-order valence-corrected chi connectivity index (χ0v) is 11.5. The maximum atomic E-state index is 6.17. The van der Waals surface area contributed by atoms with E-state index in [9.17, 15) is 0 Å². The summed E-state index contributed by atoms with van der Waals surface area (Å²) < 4.78 is 5.54. The maximum Gasteiger partial charge on any atom is 0.0604 e. The van der Waals surface area contributed by atoms with E-state index in [0.29, 0.717) is 12.1 Å². The van der Waals surface area contributed by atoms with Crippen molar-refractivity contribution >= 4 is 0 Å². The largest absolute Gasteiger partial charge is 0.378 e. The molecule has 1 saturated carbocycles. The summed E-state index contributed by atoms with van der Waals surface area (Å²) in [5.74, 6) is 0. The molecule has 0 saturated heterocycles. The molecule has 0 spiro atoms. The number of hydrogen-bond acceptors (Lipinski definition) is 3. The van der Waals surface area contributed by atoms with Crippen LogP contribution in [0, 0.1) is 5.41 Å². The molecule has 1 fully saturated rings. The van der Waals surface area contributed by atoms with Crippen molar-refractivity contribution in [1.29, 1.82) is 0 Å². The second kappa shape index (κ2) is 5.03. The van der Waals surface area contributed by atoms with Crippen molar-refractivity contribution in [1.82, 2.24) is 5.32 Å². The van der Waals surface area contributed by atoms with Gasteiger partial charge in [-0.2, -0.15) is 0 Å². The molecule has 0 amide bonds. The Morgan fingerprint density at radius 1 is 1.25 bits per heavy atom. The summed E-state index contributed by atoms with van der Waals surface area (Å²) in [6.07, 6.45) is 2.78. The Bertz CT molecular complexity index is 214. The summed E-state index contributed by atoms with van der Waals surface area (Å²) in [4.78, 5) is 0. The van der Waals surface area contributed by atoms with Crippen LogP contribution < -0.4 is 11.1 Å². The van der Waals surface area contributed by atoms with Gasteiger partial charge >= 0.3 is 0 Å². The first-order valence-corrected chi connectivity index (χ1v) is 6.40. The lowest BCUT2D eigenvalue weighted by atomic mass is 9.74. The van der Waals surface area contributed by atoms with Crippen LogP contribution >= 0.6 is 0 Å². The first kappa shape index (κ1) is 13.9. The molecule has 0 aliphatic heterocycles. The van der Waals surface area contributed by atoms with E-state index < -0.39 is 0 Å². The molecule has 1 aliphatic carbocycles. The second-order valence-electron chi connectivity index (χ2n) is 6.23. The Hall–Kier alpha value is -0.120. The number of nitrogens with one attached hydrogen (secondary N) is 1. The third-order valence-electron chi connectivity index (χ3n) is 4.07. The number of nitrogens with two attached hydrogens (primary N) is 1. The Kier molecular flexibility index (Phi) is 4.38. The third-order valence-corrected chi connectivity index (χ3v) is 4.07. The van der Waals surface area contributed by atoms with Gasteiger partial charge in [0.25, 0.3) is 0 Å². The van der Waals surface area contributed by atoms with Crippen molar-refractivity contribution in [2.24, 2.45) is 11.1 Å². The van der Waals surface area contributed by atoms with Gasteiger partial charge in [-0.1, -0.05) is 13.8 Å². The molecule has 0 atom stereocenters. The van der Waals surface area contributed by atoms with Gasteiger partial charge in [-0.3, -0.25) is 0 Å². The highest BCUT2D eigenvalue weighted by atomic mass is 16.5. The fraction of sp³-hybridized carbons (Fsp3) is 1.00. The molecule has 0 aromatic heterocycles. The molecule has 1 rings (SSSR count). The van der Waals surface area contributed by atoms with Crippen molar-refractivity contribution in [3.63, 3.8) is 0 Å². The van der Waals surface area contributed by atoms with Crippen LogP contribution in [0.4, 0.5) is 0 Å². The van der Waals surface area contributed by atoms with Crippen molar-refractivity contribution < 1.29 is 4.74 Å². The minimum Gasteiger partial charge on any atom is -0.378 e. The maximum absolute atomic E-state index is 6.17. The van der Waals surface area contributed by atoms with Crippen LogP contribution in [-0.4, -0.2) is 30.8 Å². The average molecular weight is 228 g/mol. The van der Waals surface area contributed by atoms with Crippen LogP contribution in [0.5, 0.6) is 0 Å². The quantitative estimate of drug-likeness (QED) is 0.730. The first-order chi connectivity index (χ1) is 7.26. The Morgan fingerprint density at radius 2 is 1.81 bits per heavy atom. The highest BCUT2D eigenvalue weighted by Gasteiger charge is 2.36. The van der Waals surface area contributed by atoms with Crippen LogP contribution in [0.3, 0.4) is 0 Å². The first-order valence-electron chi connectivity index (χ1n) is 6.40. The number of hydrogen-bond donors (Lipinski definition) is 2. The topological polar surface area (TPSA) is 47.3 Å². The van der Waals surface area contributed by atoms with Crippen LogP contribution in [0.25, 0.3) is 0 Å². The van der Waals surface area contributed by atoms with Crippen LogP contribution in [-0.2, 0) is 4.74 Å². The normalized spacial score (nSPS) is 26.6. The number of rotatable bonds is 6. The molecule has 96 valence electrons. The average Bonchev–Trinajstić information content (AvgIpc) is 2.06. The summed E-state index contributed by atoms with van der Waals surface area (Å²) in [6.45, 7) is 12.5. The molecular formula is C13H28N2O. The highest BCUT2D eigenvalue weighted by Crippen LogP contribution is 2.29. The van der Waals surface area contributed by atoms with Gasteiger partial charge in [0.2, 0.25) is 0 Å². The fourth-order valence-electron chi connectivity index (χ4n) is 1.73. The summed E-state index contributed by atoms with van der Waals surface area (Å²) in [6, 6.07) is 0.623. The van der Waals surface area contributed by atoms with E-state index in [2.05, 4.69) is 39.9 Å². The highest BCUT2D eigenvalue weighted by molar-refractivity contribution is 4.94. The predicted octanol–water partition coefficient (Wildman–Crippen LogP) is 1.91. The Morgan fingerprint density at radius 3 is 2.25 bits per heavy atom. The molecule has 16 heavy (non-hydrogen) atoms. The zero-order valence-electron chi connectivity index (χ0n) is 11.5. The van der Waals surface area contributed by atoms with Gasteiger partial charge in [0.1, 0.15) is 0 Å². The van der Waals surface area contributed by atoms with Gasteiger partial charge in [-0.05, 0) is 39.0 Å². The molecule has 0 aromatic rings. The van der Waals surface area contributed by atoms with Crippen molar-refractivity contribution in [3.05, 3.63) is 0 Å². The van der Waals surface area contributed by atoms with Gasteiger partial charge in [0.15, 0.2) is 0 Å². The molecule has 3 N–H and O–H groups in total. The molecule has 0 heterocycles. The summed E-state index contributed by atoms with van der Waals surface area (Å²) in [5.41, 5.74) is 6.13. The summed E-state index contributed by atoms with van der Waals surface area (Å²) >= 11 is 0. The fourth-order valence-corrected chi connectivity index (χ4v) is 1.73. The van der Waals surface area contributed by atoms with Gasteiger partial charge < -0.3 is 15.8 Å². The molecule has 0 unspecified atom stereocenters. The van der Waals surface area contributed by atoms with Gasteiger partial charge in [-0.15, -0.1) is 0 Å². The lowest BCUT2D eigenvalue weighted by Gasteiger charge is -2.42. The van der Waals surface area contributed by atoms with E-state index in [1.807, 2.05) is 0 Å². The van der Waals surface area contributed by atoms with Crippen molar-refractivity contribution in [2.75, 3.05) is 13.2 Å². The number of ether oxygens (including phenoxy) is 1. The molecule has 0 aromatic carbocycles. The molecule has 1 aliphatic rings. The van der Waals surface area contributed by atoms with E-state index in [-0.39, 0.29) is 11.0 Å². The van der Waals surface area contributed by atoms with E-state index in [0.717, 1.165) is 26.0 Å². The zero-order chi connectivity index (χ0) is 12.4. The molecule has 0 radical (unpaired) electrons. The van der Waals surface area contributed by atoms with Gasteiger partial charge in [-0.25, -0.2) is 0 Å². The predicted molar refractivity (Wildman–Crippen MR) is 68.5 cm³/mol. The van der Waals surface area contributed by atoms with E-state index in [4.69, 9.17) is 10.5 Å². The van der Waals surface area contributed by atoms with Crippen LogP contribution in [0.1, 0.15) is 47.5 Å². The monoisotopic (exact) mass is 228 g/mol. The van der Waals surface area contributed by atoms with Crippen LogP contribution in [0.15, 0.2) is 0 Å². The molecule has 3 heteroatoms. The van der Waals surface area contributed by atoms with Gasteiger partial charge in [0, 0.05) is 24.7 Å². The lowest BCUT2D eigenvalue weighted by molar-refractivity contribution is -0.0129. The second-order valence-corrected chi connectivity index (χ2v) is 6.23. The SMILES string of the molecule is CCOC1CC(NCC(C)(C)C(C)(C)N)C1. The smallest absolute Gasteiger partial charge is 0.0604 e. The van der Waals surface area contributed by atoms with Crippen molar-refractivity contribution in [2.45, 2.75) is 65.1 Å². The van der Waals surface area contributed by atoms with E-state index in [1.165, 1.54) is 0 Å². The van der Waals surface area contributed by atoms with Gasteiger partial charge in [0.05, 0.1) is 6.10 Å².